The van der Waals surface area contributed by atoms with Crippen LogP contribution in [-0.4, -0.2) is 69.8 Å². The van der Waals surface area contributed by atoms with E-state index in [0.717, 1.165) is 14.1 Å². The highest BCUT2D eigenvalue weighted by atomic mass is 19.4. The van der Waals surface area contributed by atoms with E-state index in [9.17, 15) is 22.8 Å². The summed E-state index contributed by atoms with van der Waals surface area (Å²) in [5.41, 5.74) is -1.80. The topological polar surface area (TPSA) is 111 Å². The van der Waals surface area contributed by atoms with Gasteiger partial charge < -0.3 is 25.0 Å². The summed E-state index contributed by atoms with van der Waals surface area (Å²) in [6, 6.07) is -0.521. The molecule has 0 radical (unpaired) electrons. The third kappa shape index (κ3) is 4.64. The number of piperidine rings is 1. The highest BCUT2D eigenvalue weighted by Crippen LogP contribution is 2.35. The van der Waals surface area contributed by atoms with Crippen molar-refractivity contribution in [1.29, 1.82) is 0 Å². The fourth-order valence-electron chi connectivity index (χ4n) is 4.18. The van der Waals surface area contributed by atoms with Crippen LogP contribution in [-0.2, 0) is 13.2 Å². The zero-order valence-corrected chi connectivity index (χ0v) is 19.5. The van der Waals surface area contributed by atoms with Crippen LogP contribution in [0, 0.1) is 0 Å². The number of hydrogen-bond acceptors (Lipinski definition) is 6. The van der Waals surface area contributed by atoms with Gasteiger partial charge in [-0.25, -0.2) is 18.6 Å². The van der Waals surface area contributed by atoms with Gasteiger partial charge in [-0.3, -0.25) is 9.89 Å². The molecule has 4 rings (SSSR count). The molecule has 3 N–H and O–H groups in total. The van der Waals surface area contributed by atoms with Crippen molar-refractivity contribution >= 4 is 34.3 Å². The highest BCUT2D eigenvalue weighted by Gasteiger charge is 2.48. The lowest BCUT2D eigenvalue weighted by atomic mass is 9.99. The molecule has 10 nitrogen and oxygen atoms in total. The van der Waals surface area contributed by atoms with E-state index in [1.807, 2.05) is 0 Å². The number of alkyl halides is 5. The monoisotopic (exact) mass is 514 g/mol. The van der Waals surface area contributed by atoms with E-state index < -0.39 is 47.5 Å². The van der Waals surface area contributed by atoms with Gasteiger partial charge in [-0.1, -0.05) is 0 Å². The summed E-state index contributed by atoms with van der Waals surface area (Å²) in [7, 11) is 3.87. The lowest BCUT2D eigenvalue weighted by Crippen LogP contribution is -2.59. The fraction of sp³-hybridized carbons (Fsp3) is 0.429. The number of carbonyl (C=O) groups excluding carboxylic acids is 1. The van der Waals surface area contributed by atoms with Crippen molar-refractivity contribution in [2.45, 2.75) is 24.6 Å². The molecule has 0 aliphatic carbocycles. The lowest BCUT2D eigenvalue weighted by Gasteiger charge is -2.42. The first-order valence-electron chi connectivity index (χ1n) is 10.8. The average molecular weight is 514 g/mol. The van der Waals surface area contributed by atoms with Crippen LogP contribution in [0.3, 0.4) is 0 Å². The second-order valence-corrected chi connectivity index (χ2v) is 8.50. The van der Waals surface area contributed by atoms with Crippen LogP contribution >= 0.6 is 0 Å². The van der Waals surface area contributed by atoms with Gasteiger partial charge in [-0.15, -0.1) is 0 Å². The van der Waals surface area contributed by atoms with Gasteiger partial charge >= 0.3 is 12.2 Å². The summed E-state index contributed by atoms with van der Waals surface area (Å²) in [6.07, 6.45) is -2.88. The van der Waals surface area contributed by atoms with Gasteiger partial charge in [0.1, 0.15) is 11.7 Å². The standard InChI is InChI=1S/C21H23F5N8O2/c1-27-16-13-7-12(8-28-17(13)31-30-16)34-5-4-15(20(22,23)10-34)33(3)19(36)29-14-6-11(21(24,25)26)9-32(2)18(14)35/h6-9,15H,4-5,10H2,1-3H3,(H,29,36)(H2,27,28,30,31)/t15-/m1/s1. The molecule has 15 heteroatoms. The molecular weight excluding hydrogens is 491 g/mol. The maximum absolute atomic E-state index is 15.2. The molecular formula is C21H23F5N8O2. The summed E-state index contributed by atoms with van der Waals surface area (Å²) in [4.78, 5) is 31.3. The van der Waals surface area contributed by atoms with E-state index in [0.29, 0.717) is 44.3 Å². The first kappa shape index (κ1) is 25.2. The molecule has 36 heavy (non-hydrogen) atoms. The Labute approximate surface area is 201 Å². The van der Waals surface area contributed by atoms with Crippen LogP contribution in [0.1, 0.15) is 12.0 Å². The maximum atomic E-state index is 15.2. The predicted molar refractivity (Wildman–Crippen MR) is 122 cm³/mol. The zero-order chi connectivity index (χ0) is 26.4. The number of nitrogens with one attached hydrogen (secondary N) is 3. The second kappa shape index (κ2) is 8.95. The molecule has 3 aromatic heterocycles. The van der Waals surface area contributed by atoms with Crippen LogP contribution < -0.4 is 21.1 Å². The number of aromatic amines is 1. The van der Waals surface area contributed by atoms with Gasteiger partial charge in [-0.05, 0) is 18.6 Å². The van der Waals surface area contributed by atoms with Crippen molar-refractivity contribution < 1.29 is 26.7 Å². The summed E-state index contributed by atoms with van der Waals surface area (Å²) in [6.45, 7) is -0.566. The Morgan fingerprint density at radius 1 is 1.31 bits per heavy atom. The largest absolute Gasteiger partial charge is 0.417 e. The van der Waals surface area contributed by atoms with Crippen molar-refractivity contribution in [2.24, 2.45) is 7.05 Å². The quantitative estimate of drug-likeness (QED) is 0.462. The Morgan fingerprint density at radius 2 is 2.03 bits per heavy atom. The van der Waals surface area contributed by atoms with Gasteiger partial charge in [-0.2, -0.15) is 18.3 Å². The number of rotatable bonds is 4. The number of carbonyl (C=O) groups is 1. The van der Waals surface area contributed by atoms with Crippen molar-refractivity contribution in [3.05, 3.63) is 40.4 Å². The Bertz CT molecular complexity index is 1350. The molecule has 4 heterocycles. The molecule has 0 bridgehead atoms. The number of aromatic nitrogens is 4. The fourth-order valence-corrected chi connectivity index (χ4v) is 4.18. The van der Waals surface area contributed by atoms with E-state index in [2.05, 4.69) is 25.8 Å². The summed E-state index contributed by atoms with van der Waals surface area (Å²) in [5.74, 6) is -2.86. The van der Waals surface area contributed by atoms with E-state index in [4.69, 9.17) is 0 Å². The van der Waals surface area contributed by atoms with E-state index in [-0.39, 0.29) is 13.0 Å². The second-order valence-electron chi connectivity index (χ2n) is 8.50. The molecule has 0 aromatic carbocycles. The number of fused-ring (bicyclic) bond motifs is 1. The minimum absolute atomic E-state index is 0.139. The Kier molecular flexibility index (Phi) is 6.26. The minimum Gasteiger partial charge on any atom is -0.371 e. The SMILES string of the molecule is CNc1n[nH]c2ncc(N3CC[C@@H](N(C)C(=O)Nc4cc(C(F)(F)F)cn(C)c4=O)C(F)(F)C3)cc12. The molecule has 194 valence electrons. The number of aryl methyl sites for hydroxylation is 1. The van der Waals surface area contributed by atoms with Crippen molar-refractivity contribution in [1.82, 2.24) is 24.6 Å². The summed E-state index contributed by atoms with van der Waals surface area (Å²) in [5, 5.41) is 12.3. The molecule has 0 saturated carbocycles. The number of pyridine rings is 2. The van der Waals surface area contributed by atoms with Crippen LogP contribution in [0.5, 0.6) is 0 Å². The highest BCUT2D eigenvalue weighted by molar-refractivity contribution is 5.90. The van der Waals surface area contributed by atoms with Gasteiger partial charge in [0.2, 0.25) is 0 Å². The number of amides is 2. The molecule has 2 amide bonds. The molecule has 0 spiro atoms. The predicted octanol–water partition coefficient (Wildman–Crippen LogP) is 3.10. The van der Waals surface area contributed by atoms with Crippen LogP contribution in [0.4, 0.5) is 43.9 Å². The van der Waals surface area contributed by atoms with Crippen LogP contribution in [0.15, 0.2) is 29.3 Å². The van der Waals surface area contributed by atoms with E-state index in [1.165, 1.54) is 11.1 Å². The van der Waals surface area contributed by atoms with Gasteiger partial charge in [0.15, 0.2) is 11.5 Å². The molecule has 0 unspecified atom stereocenters. The van der Waals surface area contributed by atoms with Crippen LogP contribution in [0.25, 0.3) is 11.0 Å². The summed E-state index contributed by atoms with van der Waals surface area (Å²) >= 11 is 0. The van der Waals surface area contributed by atoms with Crippen LogP contribution in [0.2, 0.25) is 0 Å². The van der Waals surface area contributed by atoms with Gasteiger partial charge in [0.25, 0.3) is 11.5 Å². The van der Waals surface area contributed by atoms with Crippen molar-refractivity contribution in [3.8, 4) is 0 Å². The lowest BCUT2D eigenvalue weighted by molar-refractivity contribution is -0.138. The first-order chi connectivity index (χ1) is 16.8. The number of nitrogens with zero attached hydrogens (tertiary/aromatic N) is 5. The first-order valence-corrected chi connectivity index (χ1v) is 10.8. The molecule has 1 aliphatic heterocycles. The summed E-state index contributed by atoms with van der Waals surface area (Å²) < 4.78 is 70.3. The molecule has 3 aromatic rings. The Balaban J connectivity index is 1.51. The van der Waals surface area contributed by atoms with Gasteiger partial charge in [0, 0.05) is 33.9 Å². The van der Waals surface area contributed by atoms with Gasteiger partial charge in [0.05, 0.1) is 29.4 Å². The van der Waals surface area contributed by atoms with Crippen molar-refractivity contribution in [3.63, 3.8) is 0 Å². The maximum Gasteiger partial charge on any atom is 0.417 e. The molecule has 1 saturated heterocycles. The number of hydrogen-bond donors (Lipinski definition) is 3. The number of urea groups is 1. The number of H-pyrrole nitrogens is 1. The van der Waals surface area contributed by atoms with Crippen molar-refractivity contribution in [2.75, 3.05) is 42.7 Å². The average Bonchev–Trinajstić information content (AvgIpc) is 3.22. The number of anilines is 3. The molecule has 1 fully saturated rings. The number of halogens is 5. The third-order valence-corrected chi connectivity index (χ3v) is 6.11. The Morgan fingerprint density at radius 3 is 2.67 bits per heavy atom. The minimum atomic E-state index is -4.76. The van der Waals surface area contributed by atoms with E-state index in [1.54, 1.807) is 13.1 Å². The third-order valence-electron chi connectivity index (χ3n) is 6.11. The molecule has 1 atom stereocenters. The molecule has 1 aliphatic rings. The van der Waals surface area contributed by atoms with E-state index >= 15 is 8.78 Å². The Hall–Kier alpha value is -3.91. The smallest absolute Gasteiger partial charge is 0.371 e. The zero-order valence-electron chi connectivity index (χ0n) is 19.5. The normalized spacial score (nSPS) is 17.8.